The van der Waals surface area contributed by atoms with Gasteiger partial charge in [0.05, 0.1) is 19.3 Å². The van der Waals surface area contributed by atoms with Gasteiger partial charge in [-0.25, -0.2) is 4.79 Å². The first-order chi connectivity index (χ1) is 22.4. The van der Waals surface area contributed by atoms with Crippen molar-refractivity contribution in [1.29, 1.82) is 0 Å². The van der Waals surface area contributed by atoms with Gasteiger partial charge >= 0.3 is 5.97 Å². The van der Waals surface area contributed by atoms with Gasteiger partial charge in [-0.05, 0) is 59.4 Å². The molecule has 6 rings (SSSR count). The van der Waals surface area contributed by atoms with Crippen LogP contribution in [0.3, 0.4) is 0 Å². The van der Waals surface area contributed by atoms with Crippen LogP contribution < -0.4 is 9.47 Å². The lowest BCUT2D eigenvalue weighted by Crippen LogP contribution is -2.63. The van der Waals surface area contributed by atoms with E-state index in [1.807, 2.05) is 104 Å². The molecule has 1 fully saturated rings. The van der Waals surface area contributed by atoms with Crippen LogP contribution in [0, 0.1) is 12.8 Å². The smallest absolute Gasteiger partial charge is 0.333 e. The number of aliphatic carboxylic acids is 1. The molecule has 0 bridgehead atoms. The topological polar surface area (TPSA) is 92.7 Å². The number of ether oxygens (including phenoxy) is 6. The van der Waals surface area contributed by atoms with Gasteiger partial charge in [0, 0.05) is 18.6 Å². The zero-order chi connectivity index (χ0) is 32.1. The van der Waals surface area contributed by atoms with Crippen LogP contribution in [-0.4, -0.2) is 49.7 Å². The van der Waals surface area contributed by atoms with Crippen molar-refractivity contribution in [2.24, 2.45) is 5.92 Å². The van der Waals surface area contributed by atoms with Crippen LogP contribution in [0.1, 0.15) is 40.3 Å². The van der Waals surface area contributed by atoms with Gasteiger partial charge in [-0.15, -0.1) is 0 Å². The van der Waals surface area contributed by atoms with E-state index in [-0.39, 0.29) is 13.2 Å². The molecule has 2 aliphatic rings. The molecule has 8 nitrogen and oxygen atoms in total. The summed E-state index contributed by atoms with van der Waals surface area (Å²) in [5.41, 5.74) is 5.74. The number of carboxylic acids is 1. The molecule has 0 spiro atoms. The second kappa shape index (κ2) is 14.1. The predicted molar refractivity (Wildman–Crippen MR) is 172 cm³/mol. The van der Waals surface area contributed by atoms with Gasteiger partial charge in [-0.2, -0.15) is 0 Å². The van der Waals surface area contributed by atoms with E-state index < -0.39 is 36.0 Å². The first-order valence-electron chi connectivity index (χ1n) is 15.6. The maximum Gasteiger partial charge on any atom is 0.333 e. The zero-order valence-electron chi connectivity index (χ0n) is 26.4. The molecule has 46 heavy (non-hydrogen) atoms. The van der Waals surface area contributed by atoms with Crippen LogP contribution in [0.2, 0.25) is 0 Å². The van der Waals surface area contributed by atoms with Crippen molar-refractivity contribution in [2.75, 3.05) is 20.3 Å². The average molecular weight is 625 g/mol. The molecule has 4 aromatic rings. The normalized spacial score (nSPS) is 24.0. The van der Waals surface area contributed by atoms with Crippen LogP contribution in [0.5, 0.6) is 11.5 Å². The molecule has 1 N–H and O–H groups in total. The van der Waals surface area contributed by atoms with E-state index in [0.29, 0.717) is 25.2 Å². The summed E-state index contributed by atoms with van der Waals surface area (Å²) in [6.45, 7) is 5.46. The second-order valence-corrected chi connectivity index (χ2v) is 11.9. The summed E-state index contributed by atoms with van der Waals surface area (Å²) in [5, 5.41) is 10.4. The monoisotopic (exact) mass is 624 g/mol. The maximum atomic E-state index is 12.7. The number of fused-ring (bicyclic) bond motifs is 1. The number of methoxy groups -OCH3 is 1. The molecule has 2 aliphatic heterocycles. The zero-order valence-corrected chi connectivity index (χ0v) is 26.4. The lowest BCUT2D eigenvalue weighted by molar-refractivity contribution is -0.365. The summed E-state index contributed by atoms with van der Waals surface area (Å²) in [4.78, 5) is 12.7. The molecule has 0 saturated carbocycles. The Morgan fingerprint density at radius 3 is 2.13 bits per heavy atom. The Hall–Kier alpha value is -4.21. The van der Waals surface area contributed by atoms with Gasteiger partial charge in [0.1, 0.15) is 19.3 Å². The van der Waals surface area contributed by atoms with Crippen molar-refractivity contribution < 1.29 is 38.3 Å². The highest BCUT2D eigenvalue weighted by atomic mass is 16.7. The van der Waals surface area contributed by atoms with Gasteiger partial charge in [0.2, 0.25) is 5.79 Å². The fourth-order valence-corrected chi connectivity index (χ4v) is 6.28. The van der Waals surface area contributed by atoms with Crippen LogP contribution in [-0.2, 0) is 49.2 Å². The summed E-state index contributed by atoms with van der Waals surface area (Å²) in [7, 11) is 1.53. The Morgan fingerprint density at radius 1 is 0.826 bits per heavy atom. The Labute approximate surface area is 269 Å². The summed E-state index contributed by atoms with van der Waals surface area (Å²) < 4.78 is 37.6. The Bertz CT molecular complexity index is 1620. The molecule has 1 saturated heterocycles. The number of aryl methyl sites for hydroxylation is 1. The fourth-order valence-electron chi connectivity index (χ4n) is 6.28. The fraction of sp³-hybridized carbons (Fsp3) is 0.342. The third-order valence-electron chi connectivity index (χ3n) is 8.83. The van der Waals surface area contributed by atoms with E-state index in [1.165, 1.54) is 7.11 Å². The van der Waals surface area contributed by atoms with E-state index in [4.69, 9.17) is 28.4 Å². The molecule has 1 unspecified atom stereocenters. The SMILES string of the molecule is COC1(c2ccc(C)c(Cc3ccc4c(c3)OCCO4)c2)O[C@H](C(=O)O)[C@@H](C)[C@H](OCc2ccccc2)[C@H]1OCc1ccccc1. The maximum absolute atomic E-state index is 12.7. The Kier molecular flexibility index (Phi) is 9.70. The lowest BCUT2D eigenvalue weighted by Gasteiger charge is -2.50. The van der Waals surface area contributed by atoms with E-state index in [9.17, 15) is 9.90 Å². The molecule has 0 aliphatic carbocycles. The highest BCUT2D eigenvalue weighted by Crippen LogP contribution is 2.45. The predicted octanol–water partition coefficient (Wildman–Crippen LogP) is 6.45. The van der Waals surface area contributed by atoms with Crippen molar-refractivity contribution in [3.63, 3.8) is 0 Å². The van der Waals surface area contributed by atoms with Crippen molar-refractivity contribution in [1.82, 2.24) is 0 Å². The van der Waals surface area contributed by atoms with Crippen molar-refractivity contribution in [3.05, 3.63) is 130 Å². The van der Waals surface area contributed by atoms with Crippen molar-refractivity contribution >= 4 is 5.97 Å². The number of carbonyl (C=O) groups is 1. The third-order valence-corrected chi connectivity index (χ3v) is 8.83. The highest BCUT2D eigenvalue weighted by molar-refractivity contribution is 5.73. The van der Waals surface area contributed by atoms with Crippen LogP contribution in [0.25, 0.3) is 0 Å². The highest BCUT2D eigenvalue weighted by Gasteiger charge is 2.58. The molecule has 8 heteroatoms. The number of rotatable bonds is 11. The molecule has 2 heterocycles. The largest absolute Gasteiger partial charge is 0.486 e. The molecular formula is C38H40O8. The number of benzene rings is 4. The lowest BCUT2D eigenvalue weighted by atomic mass is 9.82. The first-order valence-corrected chi connectivity index (χ1v) is 15.6. The molecule has 0 amide bonds. The van der Waals surface area contributed by atoms with Gasteiger partial charge in [-0.3, -0.25) is 0 Å². The summed E-state index contributed by atoms with van der Waals surface area (Å²) in [6.07, 6.45) is -2.09. The molecule has 0 aromatic heterocycles. The van der Waals surface area contributed by atoms with Crippen LogP contribution >= 0.6 is 0 Å². The minimum atomic E-state index is -1.58. The summed E-state index contributed by atoms with van der Waals surface area (Å²) in [6, 6.07) is 31.6. The average Bonchev–Trinajstić information content (AvgIpc) is 3.08. The van der Waals surface area contributed by atoms with Gasteiger partial charge in [0.25, 0.3) is 0 Å². The van der Waals surface area contributed by atoms with E-state index in [1.54, 1.807) is 0 Å². The number of hydrogen-bond donors (Lipinski definition) is 1. The third kappa shape index (κ3) is 6.66. The molecule has 0 radical (unpaired) electrons. The van der Waals surface area contributed by atoms with Gasteiger partial charge < -0.3 is 33.5 Å². The molecular weight excluding hydrogens is 584 g/mol. The van der Waals surface area contributed by atoms with Crippen molar-refractivity contribution in [2.45, 2.75) is 57.6 Å². The van der Waals surface area contributed by atoms with Crippen LogP contribution in [0.4, 0.5) is 0 Å². The van der Waals surface area contributed by atoms with E-state index in [2.05, 4.69) is 6.92 Å². The molecule has 4 aromatic carbocycles. The minimum Gasteiger partial charge on any atom is -0.486 e. The molecule has 240 valence electrons. The van der Waals surface area contributed by atoms with Crippen LogP contribution in [0.15, 0.2) is 97.1 Å². The second-order valence-electron chi connectivity index (χ2n) is 11.9. The van der Waals surface area contributed by atoms with Gasteiger partial charge in [-0.1, -0.05) is 85.8 Å². The quantitative estimate of drug-likeness (QED) is 0.204. The molecule has 5 atom stereocenters. The van der Waals surface area contributed by atoms with E-state index >= 15 is 0 Å². The standard InChI is InChI=1S/C38H40O8/c1-25-14-16-31(22-30(25)20-29-15-17-32-33(21-29)43-19-18-42-32)38(41-3)36(45-24-28-12-8-5-9-13-28)34(26(2)35(46-38)37(39)40)44-23-27-10-6-4-7-11-27/h4-17,21-22,26,34-36H,18-20,23-24H2,1-3H3,(H,39,40)/t26-,34-,35-,36+,38?/m0/s1. The number of carboxylic acid groups (broad SMARTS) is 1. The first kappa shape index (κ1) is 31.8. The van der Waals surface area contributed by atoms with Crippen molar-refractivity contribution in [3.8, 4) is 11.5 Å². The minimum absolute atomic E-state index is 0.256. The summed E-state index contributed by atoms with van der Waals surface area (Å²) >= 11 is 0. The van der Waals surface area contributed by atoms with Gasteiger partial charge in [0.15, 0.2) is 17.6 Å². The summed E-state index contributed by atoms with van der Waals surface area (Å²) in [5.74, 6) is -1.75. The Morgan fingerprint density at radius 2 is 1.48 bits per heavy atom. The number of hydrogen-bond acceptors (Lipinski definition) is 7. The van der Waals surface area contributed by atoms with E-state index in [0.717, 1.165) is 39.3 Å². The Balaban J connectivity index is 1.39.